The standard InChI is InChI=1S/C23H30N4OS/c1-16(2)13-18-6-8-19(9-7-18)17(3)22(28)25-21-10-12-27(15-21)23(29)26-20-5-4-11-24-14-20/h4-9,11,14,16-17,21H,10,12-13,15H2,1-3H3,(H,25,28)(H,26,29)/t17-,21-/m1/s1. The second-order valence-electron chi connectivity index (χ2n) is 8.17. The van der Waals surface area contributed by atoms with E-state index in [1.807, 2.05) is 19.1 Å². The summed E-state index contributed by atoms with van der Waals surface area (Å²) in [4.78, 5) is 18.9. The predicted octanol–water partition coefficient (Wildman–Crippen LogP) is 3.97. The Bertz CT molecular complexity index is 823. The van der Waals surface area contributed by atoms with Gasteiger partial charge in [0.25, 0.3) is 0 Å². The lowest BCUT2D eigenvalue weighted by atomic mass is 9.96. The molecule has 0 bridgehead atoms. The zero-order chi connectivity index (χ0) is 20.8. The summed E-state index contributed by atoms with van der Waals surface area (Å²) >= 11 is 5.51. The van der Waals surface area contributed by atoms with Crippen LogP contribution >= 0.6 is 12.2 Å². The average molecular weight is 411 g/mol. The predicted molar refractivity (Wildman–Crippen MR) is 122 cm³/mol. The summed E-state index contributed by atoms with van der Waals surface area (Å²) in [5.74, 6) is 0.530. The van der Waals surface area contributed by atoms with E-state index in [4.69, 9.17) is 12.2 Å². The van der Waals surface area contributed by atoms with Crippen molar-refractivity contribution < 1.29 is 4.79 Å². The SMILES string of the molecule is CC(C)Cc1ccc([C@@H](C)C(=O)N[C@@H]2CCN(C(=S)Nc3cccnc3)C2)cc1. The highest BCUT2D eigenvalue weighted by Gasteiger charge is 2.27. The number of anilines is 1. The van der Waals surface area contributed by atoms with Gasteiger partial charge in [-0.1, -0.05) is 38.1 Å². The van der Waals surface area contributed by atoms with Crippen LogP contribution in [0.15, 0.2) is 48.8 Å². The minimum Gasteiger partial charge on any atom is -0.351 e. The van der Waals surface area contributed by atoms with E-state index in [0.717, 1.165) is 37.2 Å². The Labute approximate surface area is 178 Å². The first-order chi connectivity index (χ1) is 13.9. The molecule has 29 heavy (non-hydrogen) atoms. The Balaban J connectivity index is 1.50. The Morgan fingerprint density at radius 1 is 1.24 bits per heavy atom. The van der Waals surface area contributed by atoms with Gasteiger partial charge in [0.15, 0.2) is 5.11 Å². The van der Waals surface area contributed by atoms with Crippen molar-refractivity contribution in [2.75, 3.05) is 18.4 Å². The number of nitrogens with zero attached hydrogens (tertiary/aromatic N) is 2. The molecule has 1 amide bonds. The molecule has 3 rings (SSSR count). The Morgan fingerprint density at radius 2 is 2.00 bits per heavy atom. The molecule has 1 fully saturated rings. The van der Waals surface area contributed by atoms with Crippen molar-refractivity contribution in [2.24, 2.45) is 5.92 Å². The van der Waals surface area contributed by atoms with Gasteiger partial charge in [0.2, 0.25) is 5.91 Å². The van der Waals surface area contributed by atoms with Gasteiger partial charge in [-0.05, 0) is 61.2 Å². The number of amides is 1. The highest BCUT2D eigenvalue weighted by Crippen LogP contribution is 2.19. The molecule has 5 nitrogen and oxygen atoms in total. The molecule has 1 saturated heterocycles. The van der Waals surface area contributed by atoms with Gasteiger partial charge < -0.3 is 15.5 Å². The lowest BCUT2D eigenvalue weighted by molar-refractivity contribution is -0.122. The molecular weight excluding hydrogens is 380 g/mol. The van der Waals surface area contributed by atoms with Crippen molar-refractivity contribution in [1.29, 1.82) is 0 Å². The number of pyridine rings is 1. The van der Waals surface area contributed by atoms with Gasteiger partial charge in [0.1, 0.15) is 0 Å². The lowest BCUT2D eigenvalue weighted by Crippen LogP contribution is -2.41. The number of hydrogen-bond acceptors (Lipinski definition) is 3. The quantitative estimate of drug-likeness (QED) is 0.706. The van der Waals surface area contributed by atoms with Crippen LogP contribution in [0.2, 0.25) is 0 Å². The van der Waals surface area contributed by atoms with E-state index in [2.05, 4.69) is 58.6 Å². The Hall–Kier alpha value is -2.47. The largest absolute Gasteiger partial charge is 0.351 e. The fraction of sp³-hybridized carbons (Fsp3) is 0.435. The van der Waals surface area contributed by atoms with Gasteiger partial charge in [0, 0.05) is 25.3 Å². The molecule has 6 heteroatoms. The van der Waals surface area contributed by atoms with Crippen LogP contribution in [-0.4, -0.2) is 40.0 Å². The third-order valence-corrected chi connectivity index (χ3v) is 5.61. The third kappa shape index (κ3) is 6.00. The van der Waals surface area contributed by atoms with E-state index >= 15 is 0 Å². The molecular formula is C23H30N4OS. The second kappa shape index (κ2) is 9.83. The topological polar surface area (TPSA) is 57.3 Å². The number of carbonyl (C=O) groups excluding carboxylic acids is 1. The zero-order valence-electron chi connectivity index (χ0n) is 17.4. The summed E-state index contributed by atoms with van der Waals surface area (Å²) in [5, 5.41) is 7.07. The van der Waals surface area contributed by atoms with Crippen molar-refractivity contribution >= 4 is 28.9 Å². The number of aromatic nitrogens is 1. The van der Waals surface area contributed by atoms with Crippen LogP contribution in [0.3, 0.4) is 0 Å². The van der Waals surface area contributed by atoms with Crippen LogP contribution in [-0.2, 0) is 11.2 Å². The first-order valence-corrected chi connectivity index (χ1v) is 10.7. The van der Waals surface area contributed by atoms with Crippen LogP contribution in [0.25, 0.3) is 0 Å². The Kier molecular flexibility index (Phi) is 7.20. The molecule has 0 spiro atoms. The minimum absolute atomic E-state index is 0.0691. The molecule has 2 atom stereocenters. The maximum absolute atomic E-state index is 12.7. The van der Waals surface area contributed by atoms with Crippen LogP contribution in [0.5, 0.6) is 0 Å². The van der Waals surface area contributed by atoms with Crippen molar-refractivity contribution in [2.45, 2.75) is 45.6 Å². The number of hydrogen-bond donors (Lipinski definition) is 2. The van der Waals surface area contributed by atoms with Crippen LogP contribution < -0.4 is 10.6 Å². The van der Waals surface area contributed by atoms with Crippen molar-refractivity contribution in [3.8, 4) is 0 Å². The highest BCUT2D eigenvalue weighted by atomic mass is 32.1. The van der Waals surface area contributed by atoms with E-state index in [0.29, 0.717) is 11.0 Å². The maximum Gasteiger partial charge on any atom is 0.227 e. The van der Waals surface area contributed by atoms with Crippen molar-refractivity contribution in [3.05, 3.63) is 59.9 Å². The average Bonchev–Trinajstić information content (AvgIpc) is 3.17. The molecule has 2 N–H and O–H groups in total. The van der Waals surface area contributed by atoms with Gasteiger partial charge in [-0.2, -0.15) is 0 Å². The summed E-state index contributed by atoms with van der Waals surface area (Å²) in [5.41, 5.74) is 3.25. The summed E-state index contributed by atoms with van der Waals surface area (Å²) in [7, 11) is 0. The van der Waals surface area contributed by atoms with E-state index in [1.165, 1.54) is 5.56 Å². The van der Waals surface area contributed by atoms with Gasteiger partial charge in [-0.3, -0.25) is 9.78 Å². The summed E-state index contributed by atoms with van der Waals surface area (Å²) in [6, 6.07) is 12.3. The van der Waals surface area contributed by atoms with Crippen molar-refractivity contribution in [1.82, 2.24) is 15.2 Å². The Morgan fingerprint density at radius 3 is 2.66 bits per heavy atom. The summed E-state index contributed by atoms with van der Waals surface area (Å²) in [6.45, 7) is 7.95. The van der Waals surface area contributed by atoms with Gasteiger partial charge in [-0.15, -0.1) is 0 Å². The molecule has 0 saturated carbocycles. The summed E-state index contributed by atoms with van der Waals surface area (Å²) < 4.78 is 0. The number of thiocarbonyl (C=S) groups is 1. The van der Waals surface area contributed by atoms with Gasteiger partial charge in [-0.25, -0.2) is 0 Å². The molecule has 1 aromatic carbocycles. The minimum atomic E-state index is -0.169. The molecule has 1 aliphatic rings. The van der Waals surface area contributed by atoms with Crippen molar-refractivity contribution in [3.63, 3.8) is 0 Å². The fourth-order valence-corrected chi connectivity index (χ4v) is 3.88. The number of likely N-dealkylation sites (tertiary alicyclic amines) is 1. The molecule has 154 valence electrons. The summed E-state index contributed by atoms with van der Waals surface area (Å²) in [6.07, 6.45) is 5.43. The maximum atomic E-state index is 12.7. The second-order valence-corrected chi connectivity index (χ2v) is 8.56. The number of benzene rings is 1. The first kappa shape index (κ1) is 21.2. The van der Waals surface area contributed by atoms with E-state index < -0.39 is 0 Å². The van der Waals surface area contributed by atoms with Crippen LogP contribution in [0.1, 0.15) is 44.2 Å². The van der Waals surface area contributed by atoms with E-state index in [1.54, 1.807) is 12.4 Å². The molecule has 1 aliphatic heterocycles. The van der Waals surface area contributed by atoms with E-state index in [-0.39, 0.29) is 17.9 Å². The first-order valence-electron chi connectivity index (χ1n) is 10.3. The van der Waals surface area contributed by atoms with Crippen LogP contribution in [0.4, 0.5) is 5.69 Å². The fourth-order valence-electron chi connectivity index (χ4n) is 3.59. The molecule has 2 heterocycles. The third-order valence-electron chi connectivity index (χ3n) is 5.25. The molecule has 0 unspecified atom stereocenters. The smallest absolute Gasteiger partial charge is 0.227 e. The van der Waals surface area contributed by atoms with Crippen LogP contribution in [0, 0.1) is 5.92 Å². The van der Waals surface area contributed by atoms with Gasteiger partial charge in [0.05, 0.1) is 17.8 Å². The zero-order valence-corrected chi connectivity index (χ0v) is 18.2. The number of rotatable bonds is 6. The highest BCUT2D eigenvalue weighted by molar-refractivity contribution is 7.80. The number of nitrogens with one attached hydrogen (secondary N) is 2. The monoisotopic (exact) mass is 410 g/mol. The normalized spacial score (nSPS) is 17.2. The molecule has 0 radical (unpaired) electrons. The molecule has 1 aromatic heterocycles. The lowest BCUT2D eigenvalue weighted by Gasteiger charge is -2.21. The number of carbonyl (C=O) groups is 1. The van der Waals surface area contributed by atoms with Gasteiger partial charge >= 0.3 is 0 Å². The molecule has 2 aromatic rings. The van der Waals surface area contributed by atoms with E-state index in [9.17, 15) is 4.79 Å². The molecule has 0 aliphatic carbocycles.